The van der Waals surface area contributed by atoms with Crippen LogP contribution in [0, 0.1) is 5.82 Å². The number of alkyl halides is 3. The lowest BCUT2D eigenvalue weighted by atomic mass is 10.1. The van der Waals surface area contributed by atoms with Crippen LogP contribution in [0.4, 0.5) is 17.6 Å². The molecular weight excluding hydrogens is 720 g/mol. The number of aromatic nitrogens is 7. The quantitative estimate of drug-likeness (QED) is 0.166. The lowest BCUT2D eigenvalue weighted by Crippen LogP contribution is -2.38. The molecule has 0 saturated carbocycles. The van der Waals surface area contributed by atoms with Crippen molar-refractivity contribution in [2.75, 3.05) is 6.61 Å². The maximum absolute atomic E-state index is 14.0. The van der Waals surface area contributed by atoms with Crippen molar-refractivity contribution in [3.05, 3.63) is 159 Å². The molecule has 0 spiro atoms. The molecule has 280 valence electrons. The standard InChI is InChI=1S/C32H27F4N5O3.C7H5N3O/c1-3-44-24-11-9-23(10-12-24)41-30(39-29-25(31(41)43)7-5-15-38-29)20(2)40(19-22-6-4-14-37-18-22)28(42)17-21-8-13-27(33)26(16-21)32(34,35)36;11-7-9-4-5-2-1-3-8-6(5)10-7/h4-16,18,20H,3,17,19H2,1-2H3;1-4H,(H,8,9,10,11)/t20-;/m1./s1. The Kier molecular flexibility index (Phi) is 11.3. The topological polar surface area (TPSA) is 149 Å². The first-order chi connectivity index (χ1) is 26.4. The highest BCUT2D eigenvalue weighted by molar-refractivity contribution is 5.80. The molecule has 12 nitrogen and oxygen atoms in total. The number of amides is 1. The number of benzene rings is 2. The summed E-state index contributed by atoms with van der Waals surface area (Å²) in [7, 11) is 0. The van der Waals surface area contributed by atoms with Gasteiger partial charge in [0.2, 0.25) is 5.91 Å². The second kappa shape index (κ2) is 16.4. The Hall–Kier alpha value is -6.84. The monoisotopic (exact) mass is 752 g/mol. The minimum Gasteiger partial charge on any atom is -0.494 e. The van der Waals surface area contributed by atoms with Gasteiger partial charge in [0.25, 0.3) is 5.56 Å². The minimum atomic E-state index is -4.93. The predicted octanol–water partition coefficient (Wildman–Crippen LogP) is 6.38. The summed E-state index contributed by atoms with van der Waals surface area (Å²) >= 11 is 0. The molecule has 16 heteroatoms. The molecule has 7 aromatic rings. The third-order valence-electron chi connectivity index (χ3n) is 8.39. The molecule has 7 rings (SSSR count). The van der Waals surface area contributed by atoms with Gasteiger partial charge in [0.1, 0.15) is 23.0 Å². The molecule has 5 aromatic heterocycles. The van der Waals surface area contributed by atoms with Crippen molar-refractivity contribution in [2.24, 2.45) is 0 Å². The second-order valence-corrected chi connectivity index (χ2v) is 12.1. The van der Waals surface area contributed by atoms with Crippen molar-refractivity contribution in [2.45, 2.75) is 39.0 Å². The van der Waals surface area contributed by atoms with Gasteiger partial charge in [-0.3, -0.25) is 24.1 Å². The summed E-state index contributed by atoms with van der Waals surface area (Å²) in [5, 5.41) is 1.10. The van der Waals surface area contributed by atoms with E-state index in [9.17, 15) is 31.9 Å². The summed E-state index contributed by atoms with van der Waals surface area (Å²) in [6.45, 7) is 3.97. The van der Waals surface area contributed by atoms with E-state index in [0.29, 0.717) is 41.4 Å². The minimum absolute atomic E-state index is 0.000562. The maximum Gasteiger partial charge on any atom is 0.419 e. The summed E-state index contributed by atoms with van der Waals surface area (Å²) in [5.74, 6) is -1.23. The van der Waals surface area contributed by atoms with Crippen LogP contribution in [0.2, 0.25) is 0 Å². The van der Waals surface area contributed by atoms with Crippen molar-refractivity contribution in [1.29, 1.82) is 0 Å². The second-order valence-electron chi connectivity index (χ2n) is 12.1. The van der Waals surface area contributed by atoms with Gasteiger partial charge < -0.3 is 9.64 Å². The van der Waals surface area contributed by atoms with E-state index >= 15 is 0 Å². The van der Waals surface area contributed by atoms with Gasteiger partial charge in [-0.1, -0.05) is 12.1 Å². The summed E-state index contributed by atoms with van der Waals surface area (Å²) in [5.41, 5.74) is -0.425. The van der Waals surface area contributed by atoms with Crippen LogP contribution >= 0.6 is 0 Å². The zero-order valence-corrected chi connectivity index (χ0v) is 29.4. The number of nitrogens with zero attached hydrogens (tertiary/aromatic N) is 7. The van der Waals surface area contributed by atoms with Gasteiger partial charge in [-0.2, -0.15) is 13.2 Å². The van der Waals surface area contributed by atoms with Gasteiger partial charge in [-0.25, -0.2) is 29.1 Å². The number of fused-ring (bicyclic) bond motifs is 2. The van der Waals surface area contributed by atoms with E-state index in [4.69, 9.17) is 9.72 Å². The van der Waals surface area contributed by atoms with Crippen LogP contribution in [0.5, 0.6) is 5.75 Å². The molecule has 0 aliphatic carbocycles. The number of ether oxygens (including phenoxy) is 1. The summed E-state index contributed by atoms with van der Waals surface area (Å²) < 4.78 is 61.1. The molecule has 0 aliphatic heterocycles. The van der Waals surface area contributed by atoms with Crippen LogP contribution < -0.4 is 16.0 Å². The van der Waals surface area contributed by atoms with Crippen molar-refractivity contribution in [3.63, 3.8) is 0 Å². The largest absolute Gasteiger partial charge is 0.494 e. The number of hydrogen-bond acceptors (Lipinski definition) is 9. The molecule has 0 bridgehead atoms. The molecule has 0 fully saturated rings. The first-order valence-electron chi connectivity index (χ1n) is 16.9. The highest BCUT2D eigenvalue weighted by atomic mass is 19.4. The first-order valence-corrected chi connectivity index (χ1v) is 16.9. The van der Waals surface area contributed by atoms with E-state index in [1.54, 1.807) is 80.1 Å². The molecule has 2 aromatic carbocycles. The fourth-order valence-corrected chi connectivity index (χ4v) is 5.76. The van der Waals surface area contributed by atoms with Crippen LogP contribution in [0.3, 0.4) is 0 Å². The van der Waals surface area contributed by atoms with Crippen molar-refractivity contribution in [3.8, 4) is 11.4 Å². The van der Waals surface area contributed by atoms with Crippen molar-refractivity contribution < 1.29 is 27.1 Å². The fraction of sp³-hybridized carbons (Fsp3) is 0.179. The smallest absolute Gasteiger partial charge is 0.419 e. The lowest BCUT2D eigenvalue weighted by molar-refractivity contribution is -0.140. The van der Waals surface area contributed by atoms with Crippen LogP contribution in [0.15, 0.2) is 119 Å². The Bertz CT molecular complexity index is 2560. The molecule has 1 N–H and O–H groups in total. The number of aromatic amines is 1. The van der Waals surface area contributed by atoms with E-state index < -0.39 is 41.5 Å². The van der Waals surface area contributed by atoms with Gasteiger partial charge in [-0.15, -0.1) is 0 Å². The van der Waals surface area contributed by atoms with Crippen LogP contribution in [0.25, 0.3) is 27.8 Å². The van der Waals surface area contributed by atoms with Crippen LogP contribution in [0.1, 0.15) is 42.4 Å². The SMILES string of the molecule is CCOc1ccc(-n2c([C@@H](C)N(Cc3cccnc3)C(=O)Cc3ccc(F)c(C(F)(F)F)c3)nc3ncccc3c2=O)cc1.O=c1ncc2cccnc2[nH]1. The number of pyridine rings is 3. The number of halogens is 4. The van der Waals surface area contributed by atoms with E-state index in [-0.39, 0.29) is 34.7 Å². The van der Waals surface area contributed by atoms with Crippen molar-refractivity contribution in [1.82, 2.24) is 39.4 Å². The third kappa shape index (κ3) is 8.87. The average molecular weight is 753 g/mol. The van der Waals surface area contributed by atoms with Gasteiger partial charge in [-0.05, 0) is 91.7 Å². The Labute approximate surface area is 310 Å². The average Bonchev–Trinajstić information content (AvgIpc) is 3.18. The Balaban J connectivity index is 0.000000397. The number of carbonyl (C=O) groups is 1. The van der Waals surface area contributed by atoms with E-state index in [1.807, 2.05) is 13.0 Å². The van der Waals surface area contributed by atoms with Gasteiger partial charge in [0, 0.05) is 42.9 Å². The first kappa shape index (κ1) is 37.9. The van der Waals surface area contributed by atoms with Gasteiger partial charge >= 0.3 is 11.9 Å². The lowest BCUT2D eigenvalue weighted by Gasteiger charge is -2.31. The number of H-pyrrole nitrogens is 1. The van der Waals surface area contributed by atoms with Crippen molar-refractivity contribution >= 4 is 28.0 Å². The summed E-state index contributed by atoms with van der Waals surface area (Å²) in [6, 6.07) is 18.7. The normalized spacial score (nSPS) is 11.8. The van der Waals surface area contributed by atoms with E-state index in [2.05, 4.69) is 24.9 Å². The summed E-state index contributed by atoms with van der Waals surface area (Å²) in [6.07, 6.45) is 2.35. The van der Waals surface area contributed by atoms with E-state index in [1.165, 1.54) is 21.9 Å². The molecule has 0 aliphatic rings. The molecule has 1 amide bonds. The Morgan fingerprint density at radius 3 is 2.38 bits per heavy atom. The third-order valence-corrected chi connectivity index (χ3v) is 8.39. The zero-order chi connectivity index (χ0) is 39.1. The molecule has 1 atom stereocenters. The fourth-order valence-electron chi connectivity index (χ4n) is 5.76. The Morgan fingerprint density at radius 2 is 1.65 bits per heavy atom. The van der Waals surface area contributed by atoms with Gasteiger partial charge in [0.05, 0.1) is 35.7 Å². The molecule has 0 unspecified atom stereocenters. The highest BCUT2D eigenvalue weighted by Gasteiger charge is 2.35. The summed E-state index contributed by atoms with van der Waals surface area (Å²) in [4.78, 5) is 62.9. The predicted molar refractivity (Wildman–Crippen MR) is 195 cm³/mol. The molecule has 0 saturated heterocycles. The number of carbonyl (C=O) groups excluding carboxylic acids is 1. The highest BCUT2D eigenvalue weighted by Crippen LogP contribution is 2.32. The van der Waals surface area contributed by atoms with Crippen LogP contribution in [-0.2, 0) is 23.9 Å². The zero-order valence-electron chi connectivity index (χ0n) is 29.4. The number of nitrogens with one attached hydrogen (secondary N) is 1. The molecule has 0 radical (unpaired) electrons. The Morgan fingerprint density at radius 1 is 0.909 bits per heavy atom. The molecule has 5 heterocycles. The number of hydrogen-bond donors (Lipinski definition) is 1. The molecule has 55 heavy (non-hydrogen) atoms. The molecular formula is C39H32F4N8O4. The van der Waals surface area contributed by atoms with Crippen LogP contribution in [-0.4, -0.2) is 51.9 Å². The number of rotatable bonds is 9. The van der Waals surface area contributed by atoms with Gasteiger partial charge in [0.15, 0.2) is 5.65 Å². The maximum atomic E-state index is 14.0. The van der Waals surface area contributed by atoms with E-state index in [0.717, 1.165) is 11.5 Å².